The van der Waals surface area contributed by atoms with Crippen molar-refractivity contribution in [3.8, 4) is 0 Å². The van der Waals surface area contributed by atoms with Gasteiger partial charge in [0.1, 0.15) is 10.8 Å². The molecule has 0 spiro atoms. The van der Waals surface area contributed by atoms with Gasteiger partial charge in [0.2, 0.25) is 0 Å². The fourth-order valence-corrected chi connectivity index (χ4v) is 1.98. The van der Waals surface area contributed by atoms with Crippen LogP contribution in [0.2, 0.25) is 0 Å². The van der Waals surface area contributed by atoms with E-state index in [2.05, 4.69) is 5.32 Å². The van der Waals surface area contributed by atoms with Crippen LogP contribution in [-0.4, -0.2) is 4.99 Å². The minimum atomic E-state index is -0.241. The molecule has 0 amide bonds. The van der Waals surface area contributed by atoms with Gasteiger partial charge in [-0.25, -0.2) is 4.39 Å². The molecule has 98 valence electrons. The zero-order valence-electron chi connectivity index (χ0n) is 10.8. The Morgan fingerprint density at radius 3 is 2.53 bits per heavy atom. The summed E-state index contributed by atoms with van der Waals surface area (Å²) in [6, 6.07) is 10.8. The van der Waals surface area contributed by atoms with E-state index in [1.165, 1.54) is 6.07 Å². The van der Waals surface area contributed by atoms with Gasteiger partial charge in [0.15, 0.2) is 0 Å². The van der Waals surface area contributed by atoms with Gasteiger partial charge in [-0.05, 0) is 49.2 Å². The van der Waals surface area contributed by atoms with Gasteiger partial charge in [0, 0.05) is 16.9 Å². The van der Waals surface area contributed by atoms with E-state index in [1.807, 2.05) is 31.2 Å². The van der Waals surface area contributed by atoms with Crippen LogP contribution in [0, 0.1) is 19.7 Å². The molecule has 0 aliphatic carbocycles. The molecule has 0 bridgehead atoms. The van der Waals surface area contributed by atoms with Crippen LogP contribution < -0.4 is 11.1 Å². The van der Waals surface area contributed by atoms with E-state index in [0.717, 1.165) is 16.8 Å². The van der Waals surface area contributed by atoms with E-state index >= 15 is 0 Å². The number of halogens is 1. The van der Waals surface area contributed by atoms with E-state index in [1.54, 1.807) is 13.0 Å². The monoisotopic (exact) mass is 274 g/mol. The average molecular weight is 274 g/mol. The van der Waals surface area contributed by atoms with Crippen molar-refractivity contribution < 1.29 is 4.39 Å². The molecule has 0 heterocycles. The van der Waals surface area contributed by atoms with Crippen LogP contribution in [0.3, 0.4) is 0 Å². The summed E-state index contributed by atoms with van der Waals surface area (Å²) >= 11 is 5.02. The fourth-order valence-electron chi connectivity index (χ4n) is 1.80. The molecular formula is C15H15FN2S. The lowest BCUT2D eigenvalue weighted by Gasteiger charge is -2.12. The molecule has 2 nitrogen and oxygen atoms in total. The first-order valence-corrected chi connectivity index (χ1v) is 6.32. The molecule has 4 heteroatoms. The van der Waals surface area contributed by atoms with Gasteiger partial charge in [-0.3, -0.25) is 0 Å². The van der Waals surface area contributed by atoms with Crippen molar-refractivity contribution in [2.24, 2.45) is 5.73 Å². The summed E-state index contributed by atoms with van der Waals surface area (Å²) in [6.07, 6.45) is 0. The Balaban J connectivity index is 2.39. The second-order valence-corrected chi connectivity index (χ2v) is 4.94. The van der Waals surface area contributed by atoms with E-state index in [9.17, 15) is 4.39 Å². The Hall–Kier alpha value is -1.94. The summed E-state index contributed by atoms with van der Waals surface area (Å²) < 4.78 is 13.5. The highest BCUT2D eigenvalue weighted by Crippen LogP contribution is 2.23. The normalized spacial score (nSPS) is 10.3. The summed E-state index contributed by atoms with van der Waals surface area (Å²) in [7, 11) is 0. The molecule has 0 radical (unpaired) electrons. The van der Waals surface area contributed by atoms with Crippen LogP contribution in [0.15, 0.2) is 36.4 Å². The molecule has 2 aromatic rings. The number of benzene rings is 2. The predicted molar refractivity (Wildman–Crippen MR) is 81.5 cm³/mol. The van der Waals surface area contributed by atoms with Crippen LogP contribution >= 0.6 is 12.2 Å². The molecule has 0 aliphatic rings. The number of thiocarbonyl (C=S) groups is 1. The summed E-state index contributed by atoms with van der Waals surface area (Å²) in [5.74, 6) is -0.241. The van der Waals surface area contributed by atoms with Crippen LogP contribution in [0.5, 0.6) is 0 Å². The van der Waals surface area contributed by atoms with Gasteiger partial charge in [-0.1, -0.05) is 24.4 Å². The third-order valence-corrected chi connectivity index (χ3v) is 3.11. The molecule has 0 aromatic heterocycles. The Bertz CT molecular complexity index is 638. The van der Waals surface area contributed by atoms with Gasteiger partial charge in [0.05, 0.1) is 0 Å². The highest BCUT2D eigenvalue weighted by Gasteiger charge is 2.07. The van der Waals surface area contributed by atoms with E-state index in [0.29, 0.717) is 16.2 Å². The van der Waals surface area contributed by atoms with Gasteiger partial charge in [0.25, 0.3) is 0 Å². The lowest BCUT2D eigenvalue weighted by molar-refractivity contribution is 0.619. The van der Waals surface area contributed by atoms with Crippen LogP contribution in [0.25, 0.3) is 0 Å². The van der Waals surface area contributed by atoms with Crippen molar-refractivity contribution in [2.75, 3.05) is 5.32 Å². The van der Waals surface area contributed by atoms with E-state index in [-0.39, 0.29) is 5.82 Å². The van der Waals surface area contributed by atoms with Crippen molar-refractivity contribution in [1.82, 2.24) is 0 Å². The molecule has 2 aromatic carbocycles. The minimum absolute atomic E-state index is 0.241. The van der Waals surface area contributed by atoms with Crippen molar-refractivity contribution in [3.63, 3.8) is 0 Å². The maximum atomic E-state index is 13.5. The van der Waals surface area contributed by atoms with E-state index < -0.39 is 0 Å². The summed E-state index contributed by atoms with van der Waals surface area (Å²) in [5.41, 5.74) is 9.60. The molecule has 2 rings (SSSR count). The Kier molecular flexibility index (Phi) is 3.81. The lowest BCUT2D eigenvalue weighted by Crippen LogP contribution is -2.12. The number of hydrogen-bond donors (Lipinski definition) is 2. The van der Waals surface area contributed by atoms with Gasteiger partial charge < -0.3 is 11.1 Å². The number of rotatable bonds is 3. The topological polar surface area (TPSA) is 38.0 Å². The van der Waals surface area contributed by atoms with Crippen LogP contribution in [-0.2, 0) is 0 Å². The van der Waals surface area contributed by atoms with E-state index in [4.69, 9.17) is 18.0 Å². The SMILES string of the molecule is Cc1ccc(C(N)=S)c(Nc2ccc(C)c(F)c2)c1. The van der Waals surface area contributed by atoms with Gasteiger partial charge >= 0.3 is 0 Å². The Labute approximate surface area is 117 Å². The molecule has 0 saturated heterocycles. The first kappa shape index (κ1) is 13.5. The Morgan fingerprint density at radius 1 is 1.16 bits per heavy atom. The molecule has 19 heavy (non-hydrogen) atoms. The minimum Gasteiger partial charge on any atom is -0.389 e. The zero-order chi connectivity index (χ0) is 14.0. The van der Waals surface area contributed by atoms with Crippen molar-refractivity contribution in [2.45, 2.75) is 13.8 Å². The summed E-state index contributed by atoms with van der Waals surface area (Å²) in [5, 5.41) is 3.16. The standard InChI is InChI=1S/C15H15FN2S/c1-9-3-6-12(15(17)19)14(7-9)18-11-5-4-10(2)13(16)8-11/h3-8,18H,1-2H3,(H2,17,19). The van der Waals surface area contributed by atoms with Crippen LogP contribution in [0.1, 0.15) is 16.7 Å². The smallest absolute Gasteiger partial charge is 0.128 e. The fraction of sp³-hybridized carbons (Fsp3) is 0.133. The highest BCUT2D eigenvalue weighted by molar-refractivity contribution is 7.80. The molecule has 0 aliphatic heterocycles. The first-order valence-electron chi connectivity index (χ1n) is 5.91. The van der Waals surface area contributed by atoms with Crippen molar-refractivity contribution in [1.29, 1.82) is 0 Å². The predicted octanol–water partition coefficient (Wildman–Crippen LogP) is 3.82. The summed E-state index contributed by atoms with van der Waals surface area (Å²) in [4.78, 5) is 0.315. The molecular weight excluding hydrogens is 259 g/mol. The molecule has 0 atom stereocenters. The number of aryl methyl sites for hydroxylation is 2. The number of nitrogens with two attached hydrogens (primary N) is 1. The average Bonchev–Trinajstić information content (AvgIpc) is 2.33. The largest absolute Gasteiger partial charge is 0.389 e. The number of nitrogens with one attached hydrogen (secondary N) is 1. The molecule has 3 N–H and O–H groups in total. The number of hydrogen-bond acceptors (Lipinski definition) is 2. The third kappa shape index (κ3) is 3.09. The Morgan fingerprint density at radius 2 is 1.89 bits per heavy atom. The molecule has 0 unspecified atom stereocenters. The van der Waals surface area contributed by atoms with Crippen LogP contribution in [0.4, 0.5) is 15.8 Å². The maximum absolute atomic E-state index is 13.5. The maximum Gasteiger partial charge on any atom is 0.128 e. The summed E-state index contributed by atoms with van der Waals surface area (Å²) in [6.45, 7) is 3.70. The second kappa shape index (κ2) is 5.36. The molecule has 0 fully saturated rings. The van der Waals surface area contributed by atoms with Gasteiger partial charge in [-0.15, -0.1) is 0 Å². The highest BCUT2D eigenvalue weighted by atomic mass is 32.1. The van der Waals surface area contributed by atoms with Gasteiger partial charge in [-0.2, -0.15) is 0 Å². The second-order valence-electron chi connectivity index (χ2n) is 4.50. The van der Waals surface area contributed by atoms with Crippen molar-refractivity contribution >= 4 is 28.6 Å². The first-order chi connectivity index (χ1) is 8.97. The molecule has 0 saturated carbocycles. The third-order valence-electron chi connectivity index (χ3n) is 2.89. The zero-order valence-corrected chi connectivity index (χ0v) is 11.6. The quantitative estimate of drug-likeness (QED) is 0.836. The lowest BCUT2D eigenvalue weighted by atomic mass is 10.1. The van der Waals surface area contributed by atoms with Crippen molar-refractivity contribution in [3.05, 3.63) is 58.9 Å². The number of anilines is 2.